The maximum absolute atomic E-state index is 12.7. The van der Waals surface area contributed by atoms with Crippen molar-refractivity contribution in [3.05, 3.63) is 11.4 Å². The van der Waals surface area contributed by atoms with Crippen molar-refractivity contribution in [2.45, 2.75) is 69.9 Å². The summed E-state index contributed by atoms with van der Waals surface area (Å²) >= 11 is 0. The van der Waals surface area contributed by atoms with Crippen LogP contribution in [-0.4, -0.2) is 42.7 Å². The molecule has 26 heavy (non-hydrogen) atoms. The van der Waals surface area contributed by atoms with Crippen LogP contribution in [0.1, 0.15) is 50.4 Å². The standard InChI is InChI=1S/C17H31N5O3S/c1-11-16(13(3)22(4)20-11)26(24,25)21-12(2)17(23)19-15(10-18)14-8-6-5-7-9-14/h12,14-15,21H,5-10,18H2,1-4H3,(H,19,23). The summed E-state index contributed by atoms with van der Waals surface area (Å²) in [4.78, 5) is 12.7. The highest BCUT2D eigenvalue weighted by atomic mass is 32.2. The van der Waals surface area contributed by atoms with Gasteiger partial charge in [-0.25, -0.2) is 8.42 Å². The Labute approximate surface area is 156 Å². The van der Waals surface area contributed by atoms with E-state index >= 15 is 0 Å². The number of rotatable bonds is 7. The summed E-state index contributed by atoms with van der Waals surface area (Å²) in [5.41, 5.74) is 6.79. The first-order chi connectivity index (χ1) is 12.2. The summed E-state index contributed by atoms with van der Waals surface area (Å²) in [6, 6.07) is -1.01. The number of aromatic nitrogens is 2. The molecule has 2 rings (SSSR count). The molecule has 1 heterocycles. The largest absolute Gasteiger partial charge is 0.350 e. The number of nitrogens with one attached hydrogen (secondary N) is 2. The Morgan fingerprint density at radius 2 is 1.92 bits per heavy atom. The monoisotopic (exact) mass is 385 g/mol. The number of sulfonamides is 1. The van der Waals surface area contributed by atoms with Gasteiger partial charge in [0, 0.05) is 19.6 Å². The van der Waals surface area contributed by atoms with Crippen LogP contribution in [0.2, 0.25) is 0 Å². The Bertz CT molecular complexity index is 738. The zero-order chi connectivity index (χ0) is 19.5. The highest BCUT2D eigenvalue weighted by Crippen LogP contribution is 2.26. The topological polar surface area (TPSA) is 119 Å². The quantitative estimate of drug-likeness (QED) is 0.639. The van der Waals surface area contributed by atoms with Gasteiger partial charge in [-0.2, -0.15) is 9.82 Å². The van der Waals surface area contributed by atoms with E-state index in [1.54, 1.807) is 27.8 Å². The molecular weight excluding hydrogens is 354 g/mol. The van der Waals surface area contributed by atoms with Gasteiger partial charge in [0.25, 0.3) is 0 Å². The van der Waals surface area contributed by atoms with Crippen molar-refractivity contribution >= 4 is 15.9 Å². The fourth-order valence-electron chi connectivity index (χ4n) is 3.70. The van der Waals surface area contributed by atoms with Crippen LogP contribution in [-0.2, 0) is 21.9 Å². The van der Waals surface area contributed by atoms with Crippen molar-refractivity contribution in [3.8, 4) is 0 Å². The molecule has 1 aromatic heterocycles. The van der Waals surface area contributed by atoms with Crippen molar-refractivity contribution in [3.63, 3.8) is 0 Å². The lowest BCUT2D eigenvalue weighted by molar-refractivity contribution is -0.123. The van der Waals surface area contributed by atoms with Crippen LogP contribution in [0.25, 0.3) is 0 Å². The number of amides is 1. The molecular formula is C17H31N5O3S. The fourth-order valence-corrected chi connectivity index (χ4v) is 5.34. The van der Waals surface area contributed by atoms with E-state index in [4.69, 9.17) is 5.73 Å². The number of nitrogens with two attached hydrogens (primary N) is 1. The van der Waals surface area contributed by atoms with E-state index in [1.165, 1.54) is 11.1 Å². The first kappa shape index (κ1) is 20.9. The number of aryl methyl sites for hydroxylation is 2. The van der Waals surface area contributed by atoms with Gasteiger partial charge in [-0.05, 0) is 39.5 Å². The summed E-state index contributed by atoms with van der Waals surface area (Å²) in [7, 11) is -2.15. The third kappa shape index (κ3) is 4.63. The first-order valence-corrected chi connectivity index (χ1v) is 10.7. The number of carbonyl (C=O) groups excluding carboxylic acids is 1. The molecule has 0 aromatic carbocycles. The number of hydrogen-bond acceptors (Lipinski definition) is 5. The summed E-state index contributed by atoms with van der Waals surface area (Å²) in [5.74, 6) is 0.0121. The van der Waals surface area contributed by atoms with Gasteiger partial charge in [-0.3, -0.25) is 9.48 Å². The second kappa shape index (κ2) is 8.49. The fraction of sp³-hybridized carbons (Fsp3) is 0.765. The molecule has 148 valence electrons. The van der Waals surface area contributed by atoms with E-state index in [0.717, 1.165) is 25.7 Å². The summed E-state index contributed by atoms with van der Waals surface area (Å²) < 4.78 is 29.4. The van der Waals surface area contributed by atoms with E-state index in [0.29, 0.717) is 23.9 Å². The molecule has 8 nitrogen and oxygen atoms in total. The van der Waals surface area contributed by atoms with Crippen LogP contribution in [0.4, 0.5) is 0 Å². The molecule has 1 aliphatic rings. The predicted molar refractivity (Wildman–Crippen MR) is 100 cm³/mol. The zero-order valence-corrected chi connectivity index (χ0v) is 16.9. The van der Waals surface area contributed by atoms with Crippen LogP contribution >= 0.6 is 0 Å². The minimum absolute atomic E-state index is 0.114. The van der Waals surface area contributed by atoms with Crippen molar-refractivity contribution in [2.75, 3.05) is 6.54 Å². The Balaban J connectivity index is 2.05. The van der Waals surface area contributed by atoms with E-state index < -0.39 is 16.1 Å². The Hall–Kier alpha value is -1.45. The maximum Gasteiger partial charge on any atom is 0.244 e. The predicted octanol–water partition coefficient (Wildman–Crippen LogP) is 0.728. The van der Waals surface area contributed by atoms with Crippen LogP contribution in [0.15, 0.2) is 4.90 Å². The average molecular weight is 386 g/mol. The lowest BCUT2D eigenvalue weighted by Crippen LogP contribution is -2.52. The molecule has 9 heteroatoms. The minimum Gasteiger partial charge on any atom is -0.350 e. The van der Waals surface area contributed by atoms with Crippen LogP contribution in [0.5, 0.6) is 0 Å². The lowest BCUT2D eigenvalue weighted by Gasteiger charge is -2.31. The van der Waals surface area contributed by atoms with Gasteiger partial charge in [0.1, 0.15) is 4.90 Å². The third-order valence-electron chi connectivity index (χ3n) is 5.24. The lowest BCUT2D eigenvalue weighted by atomic mass is 9.84. The zero-order valence-electron chi connectivity index (χ0n) is 16.1. The smallest absolute Gasteiger partial charge is 0.244 e. The first-order valence-electron chi connectivity index (χ1n) is 9.20. The molecule has 0 bridgehead atoms. The van der Waals surface area contributed by atoms with Crippen molar-refractivity contribution < 1.29 is 13.2 Å². The normalized spacial score (nSPS) is 18.5. The second-order valence-electron chi connectivity index (χ2n) is 7.22. The van der Waals surface area contributed by atoms with Gasteiger partial charge in [-0.1, -0.05) is 19.3 Å². The summed E-state index contributed by atoms with van der Waals surface area (Å²) in [5, 5.41) is 7.07. The second-order valence-corrected chi connectivity index (χ2v) is 8.87. The molecule has 2 unspecified atom stereocenters. The minimum atomic E-state index is -3.84. The number of hydrogen-bond donors (Lipinski definition) is 3. The molecule has 0 saturated heterocycles. The van der Waals surface area contributed by atoms with Gasteiger partial charge in [-0.15, -0.1) is 0 Å². The Morgan fingerprint density at radius 3 is 2.42 bits per heavy atom. The van der Waals surface area contributed by atoms with Crippen molar-refractivity contribution in [1.29, 1.82) is 0 Å². The number of carbonyl (C=O) groups is 1. The maximum atomic E-state index is 12.7. The molecule has 1 amide bonds. The SMILES string of the molecule is Cc1nn(C)c(C)c1S(=O)(=O)NC(C)C(=O)NC(CN)C1CCCCC1. The Kier molecular flexibility index (Phi) is 6.81. The van der Waals surface area contributed by atoms with Gasteiger partial charge in [0.05, 0.1) is 17.4 Å². The van der Waals surface area contributed by atoms with Crippen LogP contribution in [0.3, 0.4) is 0 Å². The molecule has 1 aromatic rings. The molecule has 1 aliphatic carbocycles. The van der Waals surface area contributed by atoms with E-state index in [9.17, 15) is 13.2 Å². The van der Waals surface area contributed by atoms with E-state index in [2.05, 4.69) is 15.1 Å². The molecule has 2 atom stereocenters. The highest BCUT2D eigenvalue weighted by Gasteiger charge is 2.30. The summed E-state index contributed by atoms with van der Waals surface area (Å²) in [6.45, 7) is 5.23. The van der Waals surface area contributed by atoms with Gasteiger partial charge in [0.2, 0.25) is 15.9 Å². The molecule has 1 saturated carbocycles. The van der Waals surface area contributed by atoms with Gasteiger partial charge < -0.3 is 11.1 Å². The van der Waals surface area contributed by atoms with Crippen LogP contribution in [0, 0.1) is 19.8 Å². The molecule has 0 spiro atoms. The van der Waals surface area contributed by atoms with E-state index in [-0.39, 0.29) is 16.8 Å². The van der Waals surface area contributed by atoms with Crippen LogP contribution < -0.4 is 15.8 Å². The molecule has 4 N–H and O–H groups in total. The van der Waals surface area contributed by atoms with Crippen molar-refractivity contribution in [1.82, 2.24) is 19.8 Å². The third-order valence-corrected chi connectivity index (χ3v) is 7.03. The molecule has 0 aliphatic heterocycles. The number of nitrogens with zero attached hydrogens (tertiary/aromatic N) is 2. The van der Waals surface area contributed by atoms with E-state index in [1.807, 2.05) is 0 Å². The van der Waals surface area contributed by atoms with Gasteiger partial charge in [0.15, 0.2) is 0 Å². The molecule has 0 radical (unpaired) electrons. The van der Waals surface area contributed by atoms with Gasteiger partial charge >= 0.3 is 0 Å². The molecule has 1 fully saturated rings. The van der Waals surface area contributed by atoms with Crippen molar-refractivity contribution in [2.24, 2.45) is 18.7 Å². The Morgan fingerprint density at radius 1 is 1.31 bits per heavy atom. The highest BCUT2D eigenvalue weighted by molar-refractivity contribution is 7.89. The average Bonchev–Trinajstić information content (AvgIpc) is 2.85. The summed E-state index contributed by atoms with van der Waals surface area (Å²) in [6.07, 6.45) is 5.63.